The molecular weight excluding hydrogens is 248 g/mol. The summed E-state index contributed by atoms with van der Waals surface area (Å²) in [5.74, 6) is -5.52. The number of carboxylic acids is 1. The summed E-state index contributed by atoms with van der Waals surface area (Å²) in [6, 6.07) is 1.36. The molecule has 94 valence electrons. The highest BCUT2D eigenvalue weighted by Crippen LogP contribution is 2.30. The highest BCUT2D eigenvalue weighted by atomic mass is 19.2. The number of carboxylic acid groups (broad SMARTS) is 1. The Bertz CT molecular complexity index is 570. The first-order chi connectivity index (χ1) is 8.41. The summed E-state index contributed by atoms with van der Waals surface area (Å²) in [4.78, 5) is 34.3. The number of aliphatic carboxylic acids is 1. The van der Waals surface area contributed by atoms with Gasteiger partial charge in [-0.3, -0.25) is 14.4 Å². The standard InChI is InChI=1S/C11H7F2NO4/c12-6-3-5-8(4-7(6)13)14(2-1-9(15)16)11(18)10(5)17/h3-4H,1-2H2,(H,15,16). The summed E-state index contributed by atoms with van der Waals surface area (Å²) in [7, 11) is 0. The second-order valence-corrected chi connectivity index (χ2v) is 3.71. The lowest BCUT2D eigenvalue weighted by Gasteiger charge is -2.14. The Hall–Kier alpha value is -2.31. The van der Waals surface area contributed by atoms with Crippen molar-refractivity contribution >= 4 is 23.3 Å². The van der Waals surface area contributed by atoms with Crippen LogP contribution in [0.15, 0.2) is 12.1 Å². The summed E-state index contributed by atoms with van der Waals surface area (Å²) in [5.41, 5.74) is -0.338. The number of hydrogen-bond acceptors (Lipinski definition) is 3. The number of hydrogen-bond donors (Lipinski definition) is 1. The van der Waals surface area contributed by atoms with Crippen molar-refractivity contribution in [3.05, 3.63) is 29.3 Å². The molecule has 1 aliphatic heterocycles. The number of fused-ring (bicyclic) bond motifs is 1. The zero-order valence-electron chi connectivity index (χ0n) is 8.94. The molecule has 5 nitrogen and oxygen atoms in total. The Morgan fingerprint density at radius 1 is 1.22 bits per heavy atom. The number of Topliss-reactive ketones (excluding diaryl/α,β-unsaturated/α-hetero) is 1. The van der Waals surface area contributed by atoms with Crippen molar-refractivity contribution < 1.29 is 28.3 Å². The maximum absolute atomic E-state index is 13.1. The van der Waals surface area contributed by atoms with E-state index in [1.54, 1.807) is 0 Å². The second-order valence-electron chi connectivity index (χ2n) is 3.71. The van der Waals surface area contributed by atoms with Gasteiger partial charge in [0.05, 0.1) is 17.7 Å². The molecule has 0 saturated carbocycles. The lowest BCUT2D eigenvalue weighted by molar-refractivity contribution is -0.136. The van der Waals surface area contributed by atoms with Crippen LogP contribution < -0.4 is 4.90 Å². The van der Waals surface area contributed by atoms with E-state index >= 15 is 0 Å². The lowest BCUT2D eigenvalue weighted by Crippen LogP contribution is -2.31. The SMILES string of the molecule is O=C(O)CCN1C(=O)C(=O)c2cc(F)c(F)cc21. The fourth-order valence-electron chi connectivity index (χ4n) is 1.72. The third-order valence-electron chi connectivity index (χ3n) is 2.56. The summed E-state index contributed by atoms with van der Waals surface area (Å²) in [5, 5.41) is 8.52. The van der Waals surface area contributed by atoms with Gasteiger partial charge in [-0.05, 0) is 6.07 Å². The van der Waals surface area contributed by atoms with Gasteiger partial charge < -0.3 is 10.0 Å². The minimum absolute atomic E-state index is 0.0925. The largest absolute Gasteiger partial charge is 0.481 e. The number of benzene rings is 1. The van der Waals surface area contributed by atoms with Crippen LogP contribution in [-0.2, 0) is 9.59 Å². The molecule has 0 fully saturated rings. The van der Waals surface area contributed by atoms with Gasteiger partial charge in [0.15, 0.2) is 11.6 Å². The third kappa shape index (κ3) is 1.83. The van der Waals surface area contributed by atoms with E-state index in [1.807, 2.05) is 0 Å². The molecule has 0 aromatic heterocycles. The van der Waals surface area contributed by atoms with Gasteiger partial charge in [-0.1, -0.05) is 0 Å². The van der Waals surface area contributed by atoms with Crippen LogP contribution in [0.4, 0.5) is 14.5 Å². The lowest BCUT2D eigenvalue weighted by atomic mass is 10.1. The zero-order chi connectivity index (χ0) is 13.4. The molecule has 1 aromatic rings. The Morgan fingerprint density at radius 2 is 1.83 bits per heavy atom. The molecule has 0 aliphatic carbocycles. The van der Waals surface area contributed by atoms with E-state index in [2.05, 4.69) is 0 Å². The molecule has 1 amide bonds. The minimum Gasteiger partial charge on any atom is -0.481 e. The highest BCUT2D eigenvalue weighted by Gasteiger charge is 2.37. The maximum atomic E-state index is 13.1. The number of rotatable bonds is 3. The topological polar surface area (TPSA) is 74.7 Å². The molecule has 1 aliphatic rings. The van der Waals surface area contributed by atoms with Crippen molar-refractivity contribution in [2.45, 2.75) is 6.42 Å². The number of ketones is 1. The van der Waals surface area contributed by atoms with E-state index < -0.39 is 35.7 Å². The zero-order valence-corrected chi connectivity index (χ0v) is 8.94. The number of halogens is 2. The predicted molar refractivity (Wildman–Crippen MR) is 55.3 cm³/mol. The Morgan fingerprint density at radius 3 is 2.44 bits per heavy atom. The average molecular weight is 255 g/mol. The molecule has 7 heteroatoms. The number of amides is 1. The molecule has 0 atom stereocenters. The minimum atomic E-state index is -1.23. The quantitative estimate of drug-likeness (QED) is 0.816. The van der Waals surface area contributed by atoms with Gasteiger partial charge in [-0.25, -0.2) is 8.78 Å². The Balaban J connectivity index is 2.41. The van der Waals surface area contributed by atoms with Gasteiger partial charge in [0, 0.05) is 12.6 Å². The molecule has 0 spiro atoms. The van der Waals surface area contributed by atoms with Gasteiger partial charge in [-0.15, -0.1) is 0 Å². The fourth-order valence-corrected chi connectivity index (χ4v) is 1.72. The molecule has 0 bridgehead atoms. The average Bonchev–Trinajstić information content (AvgIpc) is 2.51. The summed E-state index contributed by atoms with van der Waals surface area (Å²) in [6.07, 6.45) is -0.391. The van der Waals surface area contributed by atoms with Gasteiger partial charge >= 0.3 is 5.97 Å². The van der Waals surface area contributed by atoms with Crippen LogP contribution in [0.1, 0.15) is 16.8 Å². The summed E-state index contributed by atoms with van der Waals surface area (Å²) >= 11 is 0. The monoisotopic (exact) mass is 255 g/mol. The maximum Gasteiger partial charge on any atom is 0.305 e. The van der Waals surface area contributed by atoms with Crippen LogP contribution in [0, 0.1) is 11.6 Å². The van der Waals surface area contributed by atoms with Crippen LogP contribution in [0.3, 0.4) is 0 Å². The van der Waals surface area contributed by atoms with E-state index in [0.717, 1.165) is 11.0 Å². The van der Waals surface area contributed by atoms with E-state index in [0.29, 0.717) is 6.07 Å². The molecule has 1 heterocycles. The third-order valence-corrected chi connectivity index (χ3v) is 2.56. The first-order valence-electron chi connectivity index (χ1n) is 4.99. The van der Waals surface area contributed by atoms with Gasteiger partial charge in [0.1, 0.15) is 0 Å². The Labute approximate surface area is 99.6 Å². The van der Waals surface area contributed by atoms with Gasteiger partial charge in [0.25, 0.3) is 11.7 Å². The first-order valence-corrected chi connectivity index (χ1v) is 4.99. The number of carbonyl (C=O) groups is 3. The van der Waals surface area contributed by atoms with Crippen LogP contribution in [-0.4, -0.2) is 29.3 Å². The molecule has 1 aromatic carbocycles. The first kappa shape index (κ1) is 12.2. The van der Waals surface area contributed by atoms with Gasteiger partial charge in [-0.2, -0.15) is 0 Å². The summed E-state index contributed by atoms with van der Waals surface area (Å²) in [6.45, 7) is -0.266. The normalized spacial score (nSPS) is 14.0. The predicted octanol–water partition coefficient (Wildman–Crippen LogP) is 0.969. The smallest absolute Gasteiger partial charge is 0.305 e. The second kappa shape index (κ2) is 4.17. The summed E-state index contributed by atoms with van der Waals surface area (Å²) < 4.78 is 26.0. The molecular formula is C11H7F2NO4. The van der Waals surface area contributed by atoms with Crippen molar-refractivity contribution in [1.29, 1.82) is 0 Å². The number of nitrogens with zero attached hydrogens (tertiary/aromatic N) is 1. The molecule has 18 heavy (non-hydrogen) atoms. The molecule has 1 N–H and O–H groups in total. The molecule has 0 saturated heterocycles. The van der Waals surface area contributed by atoms with E-state index in [4.69, 9.17) is 5.11 Å². The Kier molecular flexibility index (Phi) is 2.82. The van der Waals surface area contributed by atoms with Crippen LogP contribution in [0.2, 0.25) is 0 Å². The van der Waals surface area contributed by atoms with Crippen molar-refractivity contribution in [2.24, 2.45) is 0 Å². The van der Waals surface area contributed by atoms with E-state index in [1.165, 1.54) is 0 Å². The fraction of sp³-hybridized carbons (Fsp3) is 0.182. The molecule has 0 unspecified atom stereocenters. The number of carbonyl (C=O) groups excluding carboxylic acids is 2. The van der Waals surface area contributed by atoms with Crippen LogP contribution >= 0.6 is 0 Å². The number of anilines is 1. The highest BCUT2D eigenvalue weighted by molar-refractivity contribution is 6.52. The van der Waals surface area contributed by atoms with Crippen molar-refractivity contribution in [1.82, 2.24) is 0 Å². The van der Waals surface area contributed by atoms with Crippen LogP contribution in [0.5, 0.6) is 0 Å². The van der Waals surface area contributed by atoms with E-state index in [9.17, 15) is 23.2 Å². The molecule has 2 rings (SSSR count). The van der Waals surface area contributed by atoms with Crippen molar-refractivity contribution in [3.63, 3.8) is 0 Å². The van der Waals surface area contributed by atoms with Crippen molar-refractivity contribution in [2.75, 3.05) is 11.4 Å². The van der Waals surface area contributed by atoms with E-state index in [-0.39, 0.29) is 17.8 Å². The van der Waals surface area contributed by atoms with Crippen molar-refractivity contribution in [3.8, 4) is 0 Å². The van der Waals surface area contributed by atoms with Crippen LogP contribution in [0.25, 0.3) is 0 Å². The molecule has 0 radical (unpaired) electrons. The van der Waals surface area contributed by atoms with Gasteiger partial charge in [0.2, 0.25) is 0 Å².